The molecule has 1 aromatic rings. The number of aliphatic hydroxyl groups excluding tert-OH is 1. The number of amides is 1. The number of anilines is 1. The third-order valence-electron chi connectivity index (χ3n) is 3.62. The highest BCUT2D eigenvalue weighted by molar-refractivity contribution is 6.18. The molecule has 0 aromatic heterocycles. The van der Waals surface area contributed by atoms with Gasteiger partial charge < -0.3 is 19.3 Å². The van der Waals surface area contributed by atoms with Crippen molar-refractivity contribution in [3.8, 4) is 11.5 Å². The first-order valence-electron chi connectivity index (χ1n) is 6.52. The molecule has 0 fully saturated rings. The average molecular weight is 307 g/mol. The summed E-state index contributed by atoms with van der Waals surface area (Å²) in [5.41, 5.74) is 0.652. The molecule has 0 radical (unpaired) electrons. The van der Waals surface area contributed by atoms with Crippen LogP contribution >= 0.6 is 0 Å². The van der Waals surface area contributed by atoms with Gasteiger partial charge in [0.2, 0.25) is 0 Å². The van der Waals surface area contributed by atoms with E-state index in [1.807, 2.05) is 0 Å². The lowest BCUT2D eigenvalue weighted by molar-refractivity contribution is 0.102. The van der Waals surface area contributed by atoms with Crippen LogP contribution in [0.25, 0.3) is 0 Å². The van der Waals surface area contributed by atoms with Crippen molar-refractivity contribution < 1.29 is 28.9 Å². The molecule has 1 amide bonds. The Morgan fingerprint density at radius 1 is 1.23 bits per heavy atom. The van der Waals surface area contributed by atoms with E-state index in [0.717, 1.165) is 0 Å². The molecule has 0 saturated heterocycles. The zero-order chi connectivity index (χ0) is 16.4. The summed E-state index contributed by atoms with van der Waals surface area (Å²) in [6.07, 6.45) is 0.0654. The molecule has 22 heavy (non-hydrogen) atoms. The van der Waals surface area contributed by atoms with E-state index in [2.05, 4.69) is 0 Å². The zero-order valence-electron chi connectivity index (χ0n) is 12.7. The molecule has 1 aliphatic heterocycles. The molecule has 1 atom stereocenters. The van der Waals surface area contributed by atoms with Crippen LogP contribution < -0.4 is 14.4 Å². The van der Waals surface area contributed by atoms with Gasteiger partial charge in [-0.3, -0.25) is 9.69 Å². The number of Topliss-reactive ketones (excluding diaryl/α,β-unsaturated/α-hetero) is 1. The third-order valence-corrected chi connectivity index (χ3v) is 3.62. The highest BCUT2D eigenvalue weighted by Gasteiger charge is 2.38. The van der Waals surface area contributed by atoms with E-state index in [0.29, 0.717) is 23.4 Å². The van der Waals surface area contributed by atoms with Gasteiger partial charge >= 0.3 is 6.09 Å². The maximum Gasteiger partial charge on any atom is 0.414 e. The summed E-state index contributed by atoms with van der Waals surface area (Å²) < 4.78 is 15.2. The van der Waals surface area contributed by atoms with Crippen LogP contribution in [0.5, 0.6) is 11.5 Å². The Kier molecular flexibility index (Phi) is 4.25. The summed E-state index contributed by atoms with van der Waals surface area (Å²) in [4.78, 5) is 25.8. The monoisotopic (exact) mass is 307 g/mol. The van der Waals surface area contributed by atoms with Crippen LogP contribution in [0.3, 0.4) is 0 Å². The summed E-state index contributed by atoms with van der Waals surface area (Å²) >= 11 is 0. The number of nitrogens with zero attached hydrogens (tertiary/aromatic N) is 1. The highest BCUT2D eigenvalue weighted by Crippen LogP contribution is 2.41. The lowest BCUT2D eigenvalue weighted by Crippen LogP contribution is -2.45. The van der Waals surface area contributed by atoms with E-state index in [4.69, 9.17) is 14.2 Å². The topological polar surface area (TPSA) is 85.3 Å². The lowest BCUT2D eigenvalue weighted by Gasteiger charge is -2.34. The molecule has 0 saturated carbocycles. The van der Waals surface area contributed by atoms with Gasteiger partial charge in [-0.2, -0.15) is 0 Å². The molecule has 0 aliphatic carbocycles. The average Bonchev–Trinajstić information content (AvgIpc) is 2.53. The molecular formula is C15H17NO6. The molecule has 7 nitrogen and oxygen atoms in total. The molecule has 1 heterocycles. The summed E-state index contributed by atoms with van der Waals surface area (Å²) in [6.45, 7) is 1.62. The van der Waals surface area contributed by atoms with Crippen molar-refractivity contribution in [1.29, 1.82) is 0 Å². The maximum absolute atomic E-state index is 12.5. The largest absolute Gasteiger partial charge is 0.515 e. The molecule has 1 N–H and O–H groups in total. The second-order valence-electron chi connectivity index (χ2n) is 4.65. The predicted molar refractivity (Wildman–Crippen MR) is 78.9 cm³/mol. The summed E-state index contributed by atoms with van der Waals surface area (Å²) in [7, 11) is 4.15. The molecule has 0 bridgehead atoms. The summed E-state index contributed by atoms with van der Waals surface area (Å²) in [5, 5.41) is 9.34. The van der Waals surface area contributed by atoms with Crippen LogP contribution in [0, 0.1) is 0 Å². The fraction of sp³-hybridized carbons (Fsp3) is 0.333. The zero-order valence-corrected chi connectivity index (χ0v) is 12.7. The Bertz CT molecular complexity index is 652. The Balaban J connectivity index is 2.74. The lowest BCUT2D eigenvalue weighted by atomic mass is 9.91. The number of ether oxygens (including phenoxy) is 3. The van der Waals surface area contributed by atoms with Crippen molar-refractivity contribution in [2.75, 3.05) is 26.2 Å². The van der Waals surface area contributed by atoms with Crippen LogP contribution in [0.4, 0.5) is 10.5 Å². The van der Waals surface area contributed by atoms with Gasteiger partial charge in [-0.25, -0.2) is 4.79 Å². The van der Waals surface area contributed by atoms with Crippen molar-refractivity contribution in [2.45, 2.75) is 13.0 Å². The number of rotatable bonds is 2. The van der Waals surface area contributed by atoms with Crippen molar-refractivity contribution in [3.05, 3.63) is 29.5 Å². The predicted octanol–water partition coefficient (Wildman–Crippen LogP) is 2.30. The first-order valence-corrected chi connectivity index (χ1v) is 6.52. The van der Waals surface area contributed by atoms with Crippen LogP contribution in [-0.2, 0) is 4.74 Å². The standard InChI is InChI=1S/C15H17NO6/c1-8-10(7-17)14(18)9-5-12(20-2)13(21-3)6-11(9)16(8)15(19)22-4/h5-8,17H,1-4H3. The first kappa shape index (κ1) is 15.7. The summed E-state index contributed by atoms with van der Waals surface area (Å²) in [5.74, 6) is 0.351. The minimum absolute atomic E-state index is 0.0881. The number of aliphatic hydroxyl groups is 1. The number of benzene rings is 1. The number of hydrogen-bond donors (Lipinski definition) is 1. The molecule has 7 heteroatoms. The van der Waals surface area contributed by atoms with Crippen molar-refractivity contribution >= 4 is 17.6 Å². The minimum Gasteiger partial charge on any atom is -0.515 e. The Morgan fingerprint density at radius 2 is 1.82 bits per heavy atom. The fourth-order valence-electron chi connectivity index (χ4n) is 2.46. The van der Waals surface area contributed by atoms with Gasteiger partial charge in [0.15, 0.2) is 17.3 Å². The normalized spacial score (nSPS) is 18.9. The highest BCUT2D eigenvalue weighted by atomic mass is 16.5. The number of carbonyl (C=O) groups excluding carboxylic acids is 2. The molecule has 1 unspecified atom stereocenters. The van der Waals surface area contributed by atoms with Gasteiger partial charge in [-0.05, 0) is 13.0 Å². The maximum atomic E-state index is 12.5. The molecule has 1 aromatic carbocycles. The second-order valence-corrected chi connectivity index (χ2v) is 4.65. The molecule has 2 rings (SSSR count). The van der Waals surface area contributed by atoms with E-state index in [9.17, 15) is 14.7 Å². The van der Waals surface area contributed by atoms with Gasteiger partial charge in [-0.1, -0.05) is 0 Å². The Labute approximate surface area is 127 Å². The number of hydrogen-bond acceptors (Lipinski definition) is 6. The van der Waals surface area contributed by atoms with Gasteiger partial charge in [0.25, 0.3) is 0 Å². The van der Waals surface area contributed by atoms with E-state index < -0.39 is 12.1 Å². The van der Waals surface area contributed by atoms with E-state index in [1.54, 1.807) is 6.92 Å². The van der Waals surface area contributed by atoms with E-state index in [-0.39, 0.29) is 16.9 Å². The number of ketones is 1. The van der Waals surface area contributed by atoms with Gasteiger partial charge in [0, 0.05) is 6.07 Å². The Morgan fingerprint density at radius 3 is 2.32 bits per heavy atom. The third kappa shape index (κ3) is 2.24. The quantitative estimate of drug-likeness (QED) is 0.666. The van der Waals surface area contributed by atoms with Gasteiger partial charge in [-0.15, -0.1) is 0 Å². The van der Waals surface area contributed by atoms with Crippen LogP contribution in [0.2, 0.25) is 0 Å². The number of carbonyl (C=O) groups is 2. The molecule has 1 aliphatic rings. The number of methoxy groups -OCH3 is 3. The van der Waals surface area contributed by atoms with Crippen molar-refractivity contribution in [2.24, 2.45) is 0 Å². The first-order chi connectivity index (χ1) is 10.5. The van der Waals surface area contributed by atoms with Gasteiger partial charge in [0.05, 0.1) is 50.5 Å². The van der Waals surface area contributed by atoms with Crippen LogP contribution in [0.15, 0.2) is 24.0 Å². The SMILES string of the molecule is COC(=O)N1c2cc(OC)c(OC)cc2C(=O)C(=CO)C1C. The second kappa shape index (κ2) is 5.97. The molecule has 0 spiro atoms. The molecule has 118 valence electrons. The van der Waals surface area contributed by atoms with Crippen LogP contribution in [0.1, 0.15) is 17.3 Å². The van der Waals surface area contributed by atoms with E-state index >= 15 is 0 Å². The number of fused-ring (bicyclic) bond motifs is 1. The fourth-order valence-corrected chi connectivity index (χ4v) is 2.46. The Hall–Kier alpha value is -2.70. The molecular weight excluding hydrogens is 290 g/mol. The van der Waals surface area contributed by atoms with E-state index in [1.165, 1.54) is 38.4 Å². The minimum atomic E-state index is -0.671. The smallest absolute Gasteiger partial charge is 0.414 e. The van der Waals surface area contributed by atoms with Crippen molar-refractivity contribution in [1.82, 2.24) is 0 Å². The van der Waals surface area contributed by atoms with Crippen LogP contribution in [-0.4, -0.2) is 44.4 Å². The van der Waals surface area contributed by atoms with Gasteiger partial charge in [0.1, 0.15) is 0 Å². The summed E-state index contributed by atoms with van der Waals surface area (Å²) in [6, 6.07) is 2.34. The van der Waals surface area contributed by atoms with Crippen molar-refractivity contribution in [3.63, 3.8) is 0 Å².